The third-order valence-corrected chi connectivity index (χ3v) is 2.26. The molecule has 0 saturated carbocycles. The van der Waals surface area contributed by atoms with Gasteiger partial charge in [-0.2, -0.15) is 5.10 Å². The topological polar surface area (TPSA) is 42.7 Å². The summed E-state index contributed by atoms with van der Waals surface area (Å²) in [6, 6.07) is 5.10. The number of hydrogen-bond donors (Lipinski definition) is 1. The van der Waals surface area contributed by atoms with Crippen molar-refractivity contribution in [3.8, 4) is 5.69 Å². The highest BCUT2D eigenvalue weighted by atomic mass is 19.1. The maximum absolute atomic E-state index is 13.7. The summed E-state index contributed by atoms with van der Waals surface area (Å²) in [5.41, 5.74) is 1.33. The van der Waals surface area contributed by atoms with E-state index in [9.17, 15) is 4.39 Å². The Morgan fingerprint density at radius 2 is 2.31 bits per heavy atom. The van der Waals surface area contributed by atoms with Crippen LogP contribution in [0.5, 0.6) is 0 Å². The minimum absolute atomic E-state index is 0.291. The average Bonchev–Trinajstić information content (AvgIpc) is 2.80. The van der Waals surface area contributed by atoms with Crippen LogP contribution in [0.3, 0.4) is 0 Å². The quantitative estimate of drug-likeness (QED) is 0.849. The lowest BCUT2D eigenvalue weighted by molar-refractivity contribution is 0.605. The fourth-order valence-electron chi connectivity index (χ4n) is 1.45. The van der Waals surface area contributed by atoms with E-state index in [4.69, 9.17) is 0 Å². The number of aromatic nitrogens is 3. The van der Waals surface area contributed by atoms with E-state index in [-0.39, 0.29) is 5.82 Å². The van der Waals surface area contributed by atoms with Crippen molar-refractivity contribution in [2.24, 2.45) is 0 Å². The SMILES string of the molecule is CCNCc1ccc(-n2cncn2)c(F)c1. The lowest BCUT2D eigenvalue weighted by Gasteiger charge is -2.06. The number of nitrogens with zero attached hydrogens (tertiary/aromatic N) is 3. The Balaban J connectivity index is 2.23. The molecular formula is C11H13FN4. The minimum atomic E-state index is -0.291. The van der Waals surface area contributed by atoms with Gasteiger partial charge in [0, 0.05) is 6.54 Å². The lowest BCUT2D eigenvalue weighted by atomic mass is 10.2. The van der Waals surface area contributed by atoms with Crippen molar-refractivity contribution in [2.75, 3.05) is 6.54 Å². The summed E-state index contributed by atoms with van der Waals surface area (Å²) in [5.74, 6) is -0.291. The van der Waals surface area contributed by atoms with Gasteiger partial charge < -0.3 is 5.32 Å². The second kappa shape index (κ2) is 4.85. The molecule has 0 bridgehead atoms. The molecule has 0 fully saturated rings. The minimum Gasteiger partial charge on any atom is -0.313 e. The molecular weight excluding hydrogens is 207 g/mol. The maximum Gasteiger partial charge on any atom is 0.149 e. The molecule has 0 radical (unpaired) electrons. The van der Waals surface area contributed by atoms with Crippen LogP contribution in [-0.2, 0) is 6.54 Å². The highest BCUT2D eigenvalue weighted by Gasteiger charge is 2.05. The first-order valence-corrected chi connectivity index (χ1v) is 5.15. The number of rotatable bonds is 4. The molecule has 84 valence electrons. The van der Waals surface area contributed by atoms with Crippen molar-refractivity contribution >= 4 is 0 Å². The third kappa shape index (κ3) is 2.25. The zero-order chi connectivity index (χ0) is 11.4. The van der Waals surface area contributed by atoms with Gasteiger partial charge in [0.25, 0.3) is 0 Å². The first kappa shape index (κ1) is 10.8. The molecule has 1 aromatic heterocycles. The standard InChI is InChI=1S/C11H13FN4/c1-2-13-6-9-3-4-11(10(12)5-9)16-8-14-7-15-16/h3-5,7-8,13H,2,6H2,1H3. The van der Waals surface area contributed by atoms with Crippen molar-refractivity contribution in [1.82, 2.24) is 20.1 Å². The van der Waals surface area contributed by atoms with Gasteiger partial charge in [0.1, 0.15) is 24.2 Å². The molecule has 2 aromatic rings. The Bertz CT molecular complexity index is 453. The molecule has 1 heterocycles. The first-order chi connectivity index (χ1) is 7.81. The molecule has 0 aliphatic carbocycles. The number of benzene rings is 1. The summed E-state index contributed by atoms with van der Waals surface area (Å²) < 4.78 is 15.1. The fourth-order valence-corrected chi connectivity index (χ4v) is 1.45. The molecule has 1 aromatic carbocycles. The Morgan fingerprint density at radius 3 is 2.94 bits per heavy atom. The molecule has 0 aliphatic rings. The van der Waals surface area contributed by atoms with Crippen molar-refractivity contribution in [2.45, 2.75) is 13.5 Å². The van der Waals surface area contributed by atoms with Gasteiger partial charge in [0.2, 0.25) is 0 Å². The molecule has 0 amide bonds. The van der Waals surface area contributed by atoms with Crippen molar-refractivity contribution in [3.63, 3.8) is 0 Å². The van der Waals surface area contributed by atoms with Gasteiger partial charge in [-0.3, -0.25) is 0 Å². The van der Waals surface area contributed by atoms with E-state index in [1.807, 2.05) is 13.0 Å². The van der Waals surface area contributed by atoms with Crippen LogP contribution in [0.15, 0.2) is 30.9 Å². The molecule has 0 atom stereocenters. The molecule has 16 heavy (non-hydrogen) atoms. The summed E-state index contributed by atoms with van der Waals surface area (Å²) in [6.45, 7) is 3.55. The van der Waals surface area contributed by atoms with E-state index in [1.54, 1.807) is 6.07 Å². The number of halogens is 1. The van der Waals surface area contributed by atoms with Crippen molar-refractivity contribution in [3.05, 3.63) is 42.2 Å². The summed E-state index contributed by atoms with van der Waals surface area (Å²) in [6.07, 6.45) is 2.86. The second-order valence-electron chi connectivity index (χ2n) is 3.41. The first-order valence-electron chi connectivity index (χ1n) is 5.15. The van der Waals surface area contributed by atoms with Crippen LogP contribution in [0, 0.1) is 5.82 Å². The zero-order valence-electron chi connectivity index (χ0n) is 9.02. The van der Waals surface area contributed by atoms with Gasteiger partial charge >= 0.3 is 0 Å². The average molecular weight is 220 g/mol. The monoisotopic (exact) mass is 220 g/mol. The van der Waals surface area contributed by atoms with Crippen LogP contribution < -0.4 is 5.32 Å². The summed E-state index contributed by atoms with van der Waals surface area (Å²) in [4.78, 5) is 3.78. The Labute approximate surface area is 93.1 Å². The van der Waals surface area contributed by atoms with Crippen LogP contribution in [0.2, 0.25) is 0 Å². The number of hydrogen-bond acceptors (Lipinski definition) is 3. The highest BCUT2D eigenvalue weighted by molar-refractivity contribution is 5.35. The molecule has 1 N–H and O–H groups in total. The summed E-state index contributed by atoms with van der Waals surface area (Å²) in [7, 11) is 0. The van der Waals surface area contributed by atoms with Crippen LogP contribution in [0.1, 0.15) is 12.5 Å². The fraction of sp³-hybridized carbons (Fsp3) is 0.273. The summed E-state index contributed by atoms with van der Waals surface area (Å²) in [5, 5.41) is 7.03. The van der Waals surface area contributed by atoms with Crippen LogP contribution in [0.25, 0.3) is 5.69 Å². The largest absolute Gasteiger partial charge is 0.313 e. The predicted molar refractivity (Wildman–Crippen MR) is 58.7 cm³/mol. The second-order valence-corrected chi connectivity index (χ2v) is 3.41. The van der Waals surface area contributed by atoms with Gasteiger partial charge in [-0.25, -0.2) is 14.1 Å². The number of nitrogens with one attached hydrogen (secondary N) is 1. The Hall–Kier alpha value is -1.75. The lowest BCUT2D eigenvalue weighted by Crippen LogP contribution is -2.12. The molecule has 5 heteroatoms. The third-order valence-electron chi connectivity index (χ3n) is 2.26. The Morgan fingerprint density at radius 1 is 1.44 bits per heavy atom. The van der Waals surface area contributed by atoms with Gasteiger partial charge in [0.15, 0.2) is 0 Å². The van der Waals surface area contributed by atoms with Crippen LogP contribution in [-0.4, -0.2) is 21.3 Å². The normalized spacial score (nSPS) is 10.6. The summed E-state index contributed by atoms with van der Waals surface area (Å²) >= 11 is 0. The molecule has 0 unspecified atom stereocenters. The van der Waals surface area contributed by atoms with Gasteiger partial charge in [-0.05, 0) is 24.2 Å². The molecule has 0 spiro atoms. The van der Waals surface area contributed by atoms with E-state index in [0.717, 1.165) is 12.1 Å². The molecule has 0 aliphatic heterocycles. The zero-order valence-corrected chi connectivity index (χ0v) is 9.02. The highest BCUT2D eigenvalue weighted by Crippen LogP contribution is 2.13. The van der Waals surface area contributed by atoms with Gasteiger partial charge in [-0.15, -0.1) is 0 Å². The molecule has 2 rings (SSSR count). The van der Waals surface area contributed by atoms with E-state index >= 15 is 0 Å². The predicted octanol–water partition coefficient (Wildman–Crippen LogP) is 1.52. The molecule has 0 saturated heterocycles. The van der Waals surface area contributed by atoms with E-state index < -0.39 is 0 Å². The Kier molecular flexibility index (Phi) is 3.26. The van der Waals surface area contributed by atoms with E-state index in [2.05, 4.69) is 15.4 Å². The van der Waals surface area contributed by atoms with Gasteiger partial charge in [0.05, 0.1) is 0 Å². The van der Waals surface area contributed by atoms with E-state index in [1.165, 1.54) is 23.4 Å². The molecule has 4 nitrogen and oxygen atoms in total. The van der Waals surface area contributed by atoms with E-state index in [0.29, 0.717) is 12.2 Å². The van der Waals surface area contributed by atoms with Crippen molar-refractivity contribution < 1.29 is 4.39 Å². The van der Waals surface area contributed by atoms with Crippen LogP contribution >= 0.6 is 0 Å². The maximum atomic E-state index is 13.7. The van der Waals surface area contributed by atoms with Crippen LogP contribution in [0.4, 0.5) is 4.39 Å². The van der Waals surface area contributed by atoms with Gasteiger partial charge in [-0.1, -0.05) is 13.0 Å². The van der Waals surface area contributed by atoms with Crippen molar-refractivity contribution in [1.29, 1.82) is 0 Å². The smallest absolute Gasteiger partial charge is 0.149 e.